The van der Waals surface area contributed by atoms with Gasteiger partial charge in [-0.15, -0.1) is 0 Å². The summed E-state index contributed by atoms with van der Waals surface area (Å²) in [4.78, 5) is 26.5. The molecule has 1 aliphatic carbocycles. The first kappa shape index (κ1) is 19.0. The molecule has 1 aliphatic heterocycles. The molecule has 1 saturated carbocycles. The molecule has 26 heavy (non-hydrogen) atoms. The van der Waals surface area contributed by atoms with Crippen molar-refractivity contribution in [2.75, 3.05) is 13.7 Å². The maximum Gasteiger partial charge on any atom is 0.329 e. The van der Waals surface area contributed by atoms with E-state index in [-0.39, 0.29) is 18.0 Å². The number of hydrogen-bond acceptors (Lipinski definition) is 4. The van der Waals surface area contributed by atoms with Gasteiger partial charge in [-0.3, -0.25) is 9.69 Å². The molecule has 0 radical (unpaired) electrons. The fourth-order valence-corrected chi connectivity index (χ4v) is 4.27. The van der Waals surface area contributed by atoms with Crippen LogP contribution in [0.25, 0.3) is 6.08 Å². The smallest absolute Gasteiger partial charge is 0.329 e. The number of urea groups is 1. The standard InChI is InChI=1S/C19H23IN2O4/c1-3-26-17-14(20)9-12(11-16(17)25-2)10-15-18(23)22(19(24)21-15)13-7-5-4-6-8-13/h9-11,13H,3-8H2,1-2H3,(H,21,24)/b15-10-. The lowest BCUT2D eigenvalue weighted by molar-refractivity contribution is -0.124. The molecule has 7 heteroatoms. The van der Waals surface area contributed by atoms with Crippen molar-refractivity contribution in [3.63, 3.8) is 0 Å². The predicted molar refractivity (Wildman–Crippen MR) is 107 cm³/mol. The van der Waals surface area contributed by atoms with Crippen LogP contribution in [0, 0.1) is 3.57 Å². The highest BCUT2D eigenvalue weighted by atomic mass is 127. The quantitative estimate of drug-likeness (QED) is 0.403. The second-order valence-corrected chi connectivity index (χ2v) is 7.58. The number of halogens is 1. The maximum atomic E-state index is 12.7. The molecule has 0 unspecified atom stereocenters. The third kappa shape index (κ3) is 3.82. The molecule has 2 fully saturated rings. The summed E-state index contributed by atoms with van der Waals surface area (Å²) >= 11 is 2.18. The van der Waals surface area contributed by atoms with Gasteiger partial charge in [0, 0.05) is 6.04 Å². The number of amides is 3. The molecular formula is C19H23IN2O4. The van der Waals surface area contributed by atoms with Crippen LogP contribution < -0.4 is 14.8 Å². The van der Waals surface area contributed by atoms with Crippen molar-refractivity contribution >= 4 is 40.6 Å². The fraction of sp³-hybridized carbons (Fsp3) is 0.474. The zero-order valence-corrected chi connectivity index (χ0v) is 17.2. The number of imide groups is 1. The van der Waals surface area contributed by atoms with Crippen LogP contribution in [-0.4, -0.2) is 36.6 Å². The highest BCUT2D eigenvalue weighted by Gasteiger charge is 2.38. The van der Waals surface area contributed by atoms with Crippen LogP contribution in [0.15, 0.2) is 17.8 Å². The molecule has 3 amide bonds. The molecule has 6 nitrogen and oxygen atoms in total. The summed E-state index contributed by atoms with van der Waals surface area (Å²) < 4.78 is 11.9. The van der Waals surface area contributed by atoms with Crippen molar-refractivity contribution in [1.29, 1.82) is 0 Å². The first-order valence-electron chi connectivity index (χ1n) is 8.91. The number of benzene rings is 1. The SMILES string of the molecule is CCOc1c(I)cc(/C=C2\NC(=O)N(C3CCCCC3)C2=O)cc1OC. The van der Waals surface area contributed by atoms with E-state index in [2.05, 4.69) is 27.9 Å². The van der Waals surface area contributed by atoms with Gasteiger partial charge in [0.05, 0.1) is 17.3 Å². The highest BCUT2D eigenvalue weighted by molar-refractivity contribution is 14.1. The first-order chi connectivity index (χ1) is 12.5. The summed E-state index contributed by atoms with van der Waals surface area (Å²) in [6.07, 6.45) is 6.78. The number of nitrogens with one attached hydrogen (secondary N) is 1. The molecule has 1 aromatic rings. The lowest BCUT2D eigenvalue weighted by Gasteiger charge is -2.28. The van der Waals surface area contributed by atoms with E-state index in [4.69, 9.17) is 9.47 Å². The molecule has 0 aromatic heterocycles. The molecule has 140 valence electrons. The van der Waals surface area contributed by atoms with Gasteiger partial charge in [0.1, 0.15) is 5.70 Å². The molecule has 1 N–H and O–H groups in total. The fourth-order valence-electron chi connectivity index (χ4n) is 3.49. The normalized spacial score (nSPS) is 19.8. The van der Waals surface area contributed by atoms with Gasteiger partial charge in [-0.1, -0.05) is 19.3 Å². The van der Waals surface area contributed by atoms with Crippen LogP contribution in [0.3, 0.4) is 0 Å². The van der Waals surface area contributed by atoms with Gasteiger partial charge < -0.3 is 14.8 Å². The lowest BCUT2D eigenvalue weighted by atomic mass is 9.94. The first-order valence-corrected chi connectivity index (χ1v) is 9.99. The van der Waals surface area contributed by atoms with Crippen molar-refractivity contribution < 1.29 is 19.1 Å². The zero-order valence-electron chi connectivity index (χ0n) is 15.0. The molecule has 0 atom stereocenters. The molecule has 3 rings (SSSR count). The molecule has 1 heterocycles. The Labute approximate surface area is 167 Å². The van der Waals surface area contributed by atoms with E-state index in [0.717, 1.165) is 34.8 Å². The number of hydrogen-bond donors (Lipinski definition) is 1. The van der Waals surface area contributed by atoms with Gasteiger partial charge in [0.25, 0.3) is 5.91 Å². The molecule has 2 aliphatic rings. The molecule has 0 bridgehead atoms. The summed E-state index contributed by atoms with van der Waals surface area (Å²) in [6, 6.07) is 3.41. The molecule has 1 saturated heterocycles. The zero-order chi connectivity index (χ0) is 18.7. The Hall–Kier alpha value is -1.77. The molecular weight excluding hydrogens is 447 g/mol. The third-order valence-electron chi connectivity index (χ3n) is 4.70. The minimum atomic E-state index is -0.319. The van der Waals surface area contributed by atoms with Crippen molar-refractivity contribution in [2.24, 2.45) is 0 Å². The van der Waals surface area contributed by atoms with Gasteiger partial charge in [-0.25, -0.2) is 4.79 Å². The minimum Gasteiger partial charge on any atom is -0.493 e. The van der Waals surface area contributed by atoms with Crippen LogP contribution in [0.4, 0.5) is 4.79 Å². The number of methoxy groups -OCH3 is 1. The second-order valence-electron chi connectivity index (χ2n) is 6.42. The van der Waals surface area contributed by atoms with Crippen molar-refractivity contribution in [2.45, 2.75) is 45.1 Å². The Kier molecular flexibility index (Phi) is 6.05. The minimum absolute atomic E-state index is 0.0113. The van der Waals surface area contributed by atoms with E-state index in [1.165, 1.54) is 11.3 Å². The van der Waals surface area contributed by atoms with Gasteiger partial charge in [0.2, 0.25) is 0 Å². The monoisotopic (exact) mass is 470 g/mol. The Morgan fingerprint density at radius 2 is 2.00 bits per heavy atom. The highest BCUT2D eigenvalue weighted by Crippen LogP contribution is 2.35. The van der Waals surface area contributed by atoms with Crippen molar-refractivity contribution in [1.82, 2.24) is 10.2 Å². The van der Waals surface area contributed by atoms with E-state index in [0.29, 0.717) is 23.8 Å². The Bertz CT molecular complexity index is 741. The Morgan fingerprint density at radius 1 is 1.27 bits per heavy atom. The van der Waals surface area contributed by atoms with Gasteiger partial charge in [-0.2, -0.15) is 0 Å². The average Bonchev–Trinajstić information content (AvgIpc) is 2.91. The maximum absolute atomic E-state index is 12.7. The van der Waals surface area contributed by atoms with E-state index in [1.54, 1.807) is 13.2 Å². The van der Waals surface area contributed by atoms with E-state index in [1.807, 2.05) is 19.1 Å². The number of rotatable bonds is 5. The van der Waals surface area contributed by atoms with Gasteiger partial charge in [-0.05, 0) is 66.1 Å². The number of ether oxygens (including phenoxy) is 2. The van der Waals surface area contributed by atoms with E-state index in [9.17, 15) is 9.59 Å². The number of carbonyl (C=O) groups is 2. The average molecular weight is 470 g/mol. The Morgan fingerprint density at radius 3 is 2.65 bits per heavy atom. The van der Waals surface area contributed by atoms with Crippen molar-refractivity contribution in [3.8, 4) is 11.5 Å². The summed E-state index contributed by atoms with van der Waals surface area (Å²) in [7, 11) is 1.58. The second kappa shape index (κ2) is 8.28. The van der Waals surface area contributed by atoms with E-state index < -0.39 is 0 Å². The van der Waals surface area contributed by atoms with Crippen molar-refractivity contribution in [3.05, 3.63) is 27.0 Å². The van der Waals surface area contributed by atoms with E-state index >= 15 is 0 Å². The topological polar surface area (TPSA) is 67.9 Å². The largest absolute Gasteiger partial charge is 0.493 e. The number of nitrogens with zero attached hydrogens (tertiary/aromatic N) is 1. The van der Waals surface area contributed by atoms with Crippen LogP contribution in [0.5, 0.6) is 11.5 Å². The summed E-state index contributed by atoms with van der Waals surface area (Å²) in [6.45, 7) is 2.45. The van der Waals surface area contributed by atoms with Crippen LogP contribution in [0.2, 0.25) is 0 Å². The third-order valence-corrected chi connectivity index (χ3v) is 5.50. The van der Waals surface area contributed by atoms with Gasteiger partial charge in [0.15, 0.2) is 11.5 Å². The van der Waals surface area contributed by atoms with Crippen LogP contribution in [-0.2, 0) is 4.79 Å². The van der Waals surface area contributed by atoms with Crippen LogP contribution >= 0.6 is 22.6 Å². The summed E-state index contributed by atoms with van der Waals surface area (Å²) in [5, 5.41) is 2.72. The lowest BCUT2D eigenvalue weighted by Crippen LogP contribution is -2.41. The van der Waals surface area contributed by atoms with Gasteiger partial charge >= 0.3 is 6.03 Å². The Balaban J connectivity index is 1.87. The number of carbonyl (C=O) groups excluding carboxylic acids is 2. The predicted octanol–water partition coefficient (Wildman–Crippen LogP) is 3.92. The van der Waals surface area contributed by atoms with Crippen LogP contribution in [0.1, 0.15) is 44.6 Å². The molecule has 1 aromatic carbocycles. The summed E-state index contributed by atoms with van der Waals surface area (Å²) in [5.41, 5.74) is 1.09. The summed E-state index contributed by atoms with van der Waals surface area (Å²) in [5.74, 6) is 1.04. The molecule has 0 spiro atoms.